The first-order valence-corrected chi connectivity index (χ1v) is 7.59. The molecule has 2 rings (SSSR count). The summed E-state index contributed by atoms with van der Waals surface area (Å²) in [6, 6.07) is 5.42. The Kier molecular flexibility index (Phi) is 5.55. The molecule has 0 atom stereocenters. The number of thiazole rings is 1. The summed E-state index contributed by atoms with van der Waals surface area (Å²) in [7, 11) is 3.18. The lowest BCUT2D eigenvalue weighted by Gasteiger charge is -2.07. The predicted molar refractivity (Wildman–Crippen MR) is 87.3 cm³/mol. The smallest absolute Gasteiger partial charge is 0.244 e. The number of hydrogen-bond acceptors (Lipinski definition) is 5. The molecular formula is C16H18N2O3S. The van der Waals surface area contributed by atoms with Crippen LogP contribution in [0.5, 0.6) is 11.5 Å². The number of methoxy groups -OCH3 is 2. The van der Waals surface area contributed by atoms with Crippen LogP contribution in [0.3, 0.4) is 0 Å². The highest BCUT2D eigenvalue weighted by atomic mass is 32.1. The molecule has 0 bridgehead atoms. The van der Waals surface area contributed by atoms with Gasteiger partial charge in [0.15, 0.2) is 0 Å². The van der Waals surface area contributed by atoms with Crippen molar-refractivity contribution in [2.24, 2.45) is 0 Å². The van der Waals surface area contributed by atoms with E-state index in [1.165, 1.54) is 6.08 Å². The van der Waals surface area contributed by atoms with E-state index in [2.05, 4.69) is 10.3 Å². The van der Waals surface area contributed by atoms with Gasteiger partial charge in [-0.15, -0.1) is 11.3 Å². The highest BCUT2D eigenvalue weighted by molar-refractivity contribution is 7.09. The summed E-state index contributed by atoms with van der Waals surface area (Å²) in [4.78, 5) is 16.2. The summed E-state index contributed by atoms with van der Waals surface area (Å²) in [6.07, 6.45) is 3.17. The molecule has 1 amide bonds. The zero-order chi connectivity index (χ0) is 15.9. The van der Waals surface area contributed by atoms with Crippen molar-refractivity contribution in [3.8, 4) is 11.5 Å². The van der Waals surface area contributed by atoms with Crippen LogP contribution in [0.1, 0.15) is 16.3 Å². The van der Waals surface area contributed by atoms with Gasteiger partial charge in [-0.05, 0) is 31.2 Å². The van der Waals surface area contributed by atoms with Crippen molar-refractivity contribution in [3.05, 3.63) is 45.9 Å². The molecule has 116 valence electrons. The summed E-state index contributed by atoms with van der Waals surface area (Å²) in [6.45, 7) is 2.35. The van der Waals surface area contributed by atoms with E-state index >= 15 is 0 Å². The van der Waals surface area contributed by atoms with E-state index in [-0.39, 0.29) is 5.91 Å². The highest BCUT2D eigenvalue weighted by Crippen LogP contribution is 2.24. The molecule has 1 N–H and O–H groups in total. The van der Waals surface area contributed by atoms with E-state index in [0.717, 1.165) is 16.3 Å². The number of carbonyl (C=O) groups excluding carboxylic acids is 1. The number of nitrogens with zero attached hydrogens (tertiary/aromatic N) is 1. The van der Waals surface area contributed by atoms with Gasteiger partial charge in [0.25, 0.3) is 0 Å². The summed E-state index contributed by atoms with van der Waals surface area (Å²) in [5.74, 6) is 1.20. The van der Waals surface area contributed by atoms with Gasteiger partial charge in [0.1, 0.15) is 11.5 Å². The summed E-state index contributed by atoms with van der Waals surface area (Å²) in [5.41, 5.74) is 1.64. The molecule has 6 heteroatoms. The van der Waals surface area contributed by atoms with Crippen LogP contribution < -0.4 is 14.8 Å². The third kappa shape index (κ3) is 4.33. The van der Waals surface area contributed by atoms with Crippen molar-refractivity contribution in [3.63, 3.8) is 0 Å². The van der Waals surface area contributed by atoms with Crippen LogP contribution in [0.4, 0.5) is 0 Å². The van der Waals surface area contributed by atoms with Crippen molar-refractivity contribution in [2.45, 2.75) is 13.5 Å². The first kappa shape index (κ1) is 16.0. The zero-order valence-corrected chi connectivity index (χ0v) is 13.6. The lowest BCUT2D eigenvalue weighted by atomic mass is 10.1. The Balaban J connectivity index is 1.99. The minimum atomic E-state index is -0.185. The number of carbonyl (C=O) groups is 1. The maximum absolute atomic E-state index is 11.9. The SMILES string of the molecule is COc1ccc(OC)c(/C=C/C(=O)NCc2csc(C)n2)c1. The van der Waals surface area contributed by atoms with Crippen LogP contribution in [0.2, 0.25) is 0 Å². The van der Waals surface area contributed by atoms with Gasteiger partial charge in [0, 0.05) is 17.0 Å². The van der Waals surface area contributed by atoms with Crippen LogP contribution in [-0.2, 0) is 11.3 Å². The van der Waals surface area contributed by atoms with E-state index < -0.39 is 0 Å². The Morgan fingerprint density at radius 2 is 2.18 bits per heavy atom. The van der Waals surface area contributed by atoms with E-state index in [4.69, 9.17) is 9.47 Å². The maximum atomic E-state index is 11.9. The van der Waals surface area contributed by atoms with Crippen molar-refractivity contribution in [1.29, 1.82) is 0 Å². The maximum Gasteiger partial charge on any atom is 0.244 e. The average Bonchev–Trinajstić information content (AvgIpc) is 2.96. The van der Waals surface area contributed by atoms with Gasteiger partial charge in [0.05, 0.1) is 31.5 Å². The minimum absolute atomic E-state index is 0.185. The molecule has 0 spiro atoms. The second-order valence-electron chi connectivity index (χ2n) is 4.52. The van der Waals surface area contributed by atoms with E-state index in [1.807, 2.05) is 18.4 Å². The Morgan fingerprint density at radius 1 is 1.36 bits per heavy atom. The van der Waals surface area contributed by atoms with Gasteiger partial charge in [-0.3, -0.25) is 4.79 Å². The zero-order valence-electron chi connectivity index (χ0n) is 12.8. The first-order chi connectivity index (χ1) is 10.6. The largest absolute Gasteiger partial charge is 0.497 e. The van der Waals surface area contributed by atoms with Crippen molar-refractivity contribution in [1.82, 2.24) is 10.3 Å². The normalized spacial score (nSPS) is 10.7. The molecule has 2 aromatic rings. The third-order valence-electron chi connectivity index (χ3n) is 2.96. The number of benzene rings is 1. The molecule has 0 radical (unpaired) electrons. The van der Waals surface area contributed by atoms with E-state index in [0.29, 0.717) is 18.0 Å². The number of amides is 1. The standard InChI is InChI=1S/C16H18N2O3S/c1-11-18-13(10-22-11)9-17-16(19)7-4-12-8-14(20-2)5-6-15(12)21-3/h4-8,10H,9H2,1-3H3,(H,17,19)/b7-4+. The number of rotatable bonds is 6. The number of nitrogens with one attached hydrogen (secondary N) is 1. The van der Waals surface area contributed by atoms with Gasteiger partial charge in [-0.1, -0.05) is 0 Å². The molecule has 0 unspecified atom stereocenters. The molecule has 0 aliphatic rings. The van der Waals surface area contributed by atoms with Crippen LogP contribution in [0, 0.1) is 6.92 Å². The van der Waals surface area contributed by atoms with E-state index in [1.54, 1.807) is 43.8 Å². The Morgan fingerprint density at radius 3 is 2.82 bits per heavy atom. The predicted octanol–water partition coefficient (Wildman–Crippen LogP) is 2.80. The topological polar surface area (TPSA) is 60.5 Å². The molecule has 22 heavy (non-hydrogen) atoms. The first-order valence-electron chi connectivity index (χ1n) is 6.71. The second kappa shape index (κ2) is 7.61. The molecule has 5 nitrogen and oxygen atoms in total. The number of ether oxygens (including phenoxy) is 2. The van der Waals surface area contributed by atoms with Crippen LogP contribution in [-0.4, -0.2) is 25.1 Å². The average molecular weight is 318 g/mol. The number of hydrogen-bond donors (Lipinski definition) is 1. The van der Waals surface area contributed by atoms with Gasteiger partial charge in [-0.25, -0.2) is 4.98 Å². The molecule has 1 heterocycles. The molecule has 0 fully saturated rings. The minimum Gasteiger partial charge on any atom is -0.497 e. The van der Waals surface area contributed by atoms with Crippen LogP contribution >= 0.6 is 11.3 Å². The lowest BCUT2D eigenvalue weighted by molar-refractivity contribution is -0.116. The number of aryl methyl sites for hydroxylation is 1. The Labute approximate surface area is 133 Å². The summed E-state index contributed by atoms with van der Waals surface area (Å²) < 4.78 is 10.4. The molecule has 1 aromatic heterocycles. The van der Waals surface area contributed by atoms with Crippen LogP contribution in [0.15, 0.2) is 29.7 Å². The van der Waals surface area contributed by atoms with Crippen molar-refractivity contribution in [2.75, 3.05) is 14.2 Å². The Hall–Kier alpha value is -2.34. The quantitative estimate of drug-likeness (QED) is 0.832. The monoisotopic (exact) mass is 318 g/mol. The van der Waals surface area contributed by atoms with Crippen molar-refractivity contribution >= 4 is 23.3 Å². The summed E-state index contributed by atoms with van der Waals surface area (Å²) >= 11 is 1.56. The highest BCUT2D eigenvalue weighted by Gasteiger charge is 2.04. The second-order valence-corrected chi connectivity index (χ2v) is 5.58. The van der Waals surface area contributed by atoms with Crippen LogP contribution in [0.25, 0.3) is 6.08 Å². The van der Waals surface area contributed by atoms with E-state index in [9.17, 15) is 4.79 Å². The fraction of sp³-hybridized carbons (Fsp3) is 0.250. The molecule has 0 saturated heterocycles. The molecule has 0 saturated carbocycles. The van der Waals surface area contributed by atoms with Gasteiger partial charge < -0.3 is 14.8 Å². The van der Waals surface area contributed by atoms with Gasteiger partial charge in [-0.2, -0.15) is 0 Å². The molecule has 0 aliphatic carbocycles. The Bertz CT molecular complexity index is 680. The molecular weight excluding hydrogens is 300 g/mol. The molecule has 1 aromatic carbocycles. The van der Waals surface area contributed by atoms with Gasteiger partial charge in [0.2, 0.25) is 5.91 Å². The molecule has 0 aliphatic heterocycles. The fourth-order valence-corrected chi connectivity index (χ4v) is 2.47. The lowest BCUT2D eigenvalue weighted by Crippen LogP contribution is -2.20. The third-order valence-corrected chi connectivity index (χ3v) is 3.78. The van der Waals surface area contributed by atoms with Gasteiger partial charge >= 0.3 is 0 Å². The number of aromatic nitrogens is 1. The summed E-state index contributed by atoms with van der Waals surface area (Å²) in [5, 5.41) is 5.72. The van der Waals surface area contributed by atoms with Crippen molar-refractivity contribution < 1.29 is 14.3 Å². The fourth-order valence-electron chi connectivity index (χ4n) is 1.86.